The highest BCUT2D eigenvalue weighted by atomic mass is 79.9. The molecule has 5 nitrogen and oxygen atoms in total. The highest BCUT2D eigenvalue weighted by molar-refractivity contribution is 9.10. The number of ether oxygens (including phenoxy) is 1. The third-order valence-corrected chi connectivity index (χ3v) is 4.13. The number of fused-ring (bicyclic) bond motifs is 1. The molecule has 3 rings (SSSR count). The first-order valence-electron chi connectivity index (χ1n) is 6.35. The molecule has 0 radical (unpaired) electrons. The molecule has 1 aliphatic rings. The minimum atomic E-state index is -0.0564. The average molecular weight is 336 g/mol. The Balaban J connectivity index is 1.89. The summed E-state index contributed by atoms with van der Waals surface area (Å²) in [5.74, 6) is 0.769. The minimum Gasteiger partial charge on any atom is -0.497 e. The lowest BCUT2D eigenvalue weighted by atomic mass is 10.1. The molecule has 2 heterocycles. The standard InChI is InChI=1S/C14H14BrN3O2/c1-20-10-4-2-9(3-5-10)8-18-13(15)12-11(17-18)6-7-16-14(12)19/h2-5H,6-8H2,1H3,(H,16,19). The summed E-state index contributed by atoms with van der Waals surface area (Å²) in [4.78, 5) is 11.8. The highest BCUT2D eigenvalue weighted by Crippen LogP contribution is 2.24. The van der Waals surface area contributed by atoms with E-state index < -0.39 is 0 Å². The van der Waals surface area contributed by atoms with Gasteiger partial charge in [-0.15, -0.1) is 0 Å². The number of amides is 1. The molecule has 20 heavy (non-hydrogen) atoms. The van der Waals surface area contributed by atoms with Gasteiger partial charge < -0.3 is 10.1 Å². The van der Waals surface area contributed by atoms with Crippen molar-refractivity contribution in [2.75, 3.05) is 13.7 Å². The molecule has 0 bridgehead atoms. The first-order valence-corrected chi connectivity index (χ1v) is 7.14. The fourth-order valence-corrected chi connectivity index (χ4v) is 2.89. The number of hydrogen-bond donors (Lipinski definition) is 1. The van der Waals surface area contributed by atoms with E-state index in [-0.39, 0.29) is 5.91 Å². The van der Waals surface area contributed by atoms with Gasteiger partial charge in [0, 0.05) is 13.0 Å². The van der Waals surface area contributed by atoms with Crippen LogP contribution in [0, 0.1) is 0 Å². The van der Waals surface area contributed by atoms with Crippen molar-refractivity contribution in [2.45, 2.75) is 13.0 Å². The summed E-state index contributed by atoms with van der Waals surface area (Å²) >= 11 is 3.48. The first kappa shape index (κ1) is 13.2. The van der Waals surface area contributed by atoms with Crippen LogP contribution in [0.2, 0.25) is 0 Å². The van der Waals surface area contributed by atoms with E-state index in [1.165, 1.54) is 0 Å². The molecule has 0 fully saturated rings. The number of carbonyl (C=O) groups is 1. The molecule has 104 valence electrons. The van der Waals surface area contributed by atoms with Crippen molar-refractivity contribution in [3.05, 3.63) is 45.7 Å². The smallest absolute Gasteiger partial charge is 0.255 e. The second-order valence-electron chi connectivity index (χ2n) is 4.62. The van der Waals surface area contributed by atoms with Gasteiger partial charge in [-0.1, -0.05) is 12.1 Å². The normalized spacial score (nSPS) is 13.8. The van der Waals surface area contributed by atoms with Crippen LogP contribution in [0.5, 0.6) is 5.75 Å². The van der Waals surface area contributed by atoms with Crippen molar-refractivity contribution in [1.82, 2.24) is 15.1 Å². The Morgan fingerprint density at radius 2 is 2.15 bits per heavy atom. The fourth-order valence-electron chi connectivity index (χ4n) is 2.28. The van der Waals surface area contributed by atoms with Crippen LogP contribution in [0.1, 0.15) is 21.6 Å². The van der Waals surface area contributed by atoms with Gasteiger partial charge in [0.1, 0.15) is 10.4 Å². The van der Waals surface area contributed by atoms with Crippen LogP contribution in [0.4, 0.5) is 0 Å². The van der Waals surface area contributed by atoms with Crippen LogP contribution in [0.3, 0.4) is 0 Å². The Morgan fingerprint density at radius 3 is 2.80 bits per heavy atom. The van der Waals surface area contributed by atoms with Crippen molar-refractivity contribution < 1.29 is 9.53 Å². The monoisotopic (exact) mass is 335 g/mol. The van der Waals surface area contributed by atoms with Gasteiger partial charge in [-0.05, 0) is 33.6 Å². The number of benzene rings is 1. The number of carbonyl (C=O) groups excluding carboxylic acids is 1. The SMILES string of the molecule is COc1ccc(Cn2nc3c(c2Br)C(=O)NCC3)cc1. The van der Waals surface area contributed by atoms with Gasteiger partial charge in [0.15, 0.2) is 0 Å². The molecule has 2 aromatic rings. The fraction of sp³-hybridized carbons (Fsp3) is 0.286. The lowest BCUT2D eigenvalue weighted by molar-refractivity contribution is 0.0945. The number of nitrogens with one attached hydrogen (secondary N) is 1. The van der Waals surface area contributed by atoms with Gasteiger partial charge in [-0.25, -0.2) is 0 Å². The average Bonchev–Trinajstić information content (AvgIpc) is 2.78. The van der Waals surface area contributed by atoms with E-state index >= 15 is 0 Å². The molecule has 1 aliphatic heterocycles. The van der Waals surface area contributed by atoms with E-state index in [2.05, 4.69) is 26.3 Å². The summed E-state index contributed by atoms with van der Waals surface area (Å²) in [6.45, 7) is 1.27. The number of rotatable bonds is 3. The van der Waals surface area contributed by atoms with Crippen LogP contribution in [0.25, 0.3) is 0 Å². The van der Waals surface area contributed by atoms with Crippen molar-refractivity contribution >= 4 is 21.8 Å². The molecule has 1 amide bonds. The summed E-state index contributed by atoms with van der Waals surface area (Å²) in [7, 11) is 1.64. The van der Waals surface area contributed by atoms with Gasteiger partial charge in [-0.2, -0.15) is 5.10 Å². The molecular weight excluding hydrogens is 322 g/mol. The van der Waals surface area contributed by atoms with E-state index in [4.69, 9.17) is 4.74 Å². The summed E-state index contributed by atoms with van der Waals surface area (Å²) in [5, 5.41) is 7.35. The van der Waals surface area contributed by atoms with E-state index in [9.17, 15) is 4.79 Å². The Morgan fingerprint density at radius 1 is 1.40 bits per heavy atom. The molecule has 0 atom stereocenters. The van der Waals surface area contributed by atoms with Crippen molar-refractivity contribution in [3.63, 3.8) is 0 Å². The van der Waals surface area contributed by atoms with E-state index in [1.807, 2.05) is 28.9 Å². The number of hydrogen-bond acceptors (Lipinski definition) is 3. The summed E-state index contributed by atoms with van der Waals surface area (Å²) < 4.78 is 7.69. The maximum absolute atomic E-state index is 11.8. The summed E-state index contributed by atoms with van der Waals surface area (Å²) in [6.07, 6.45) is 0.773. The van der Waals surface area contributed by atoms with Gasteiger partial charge in [0.2, 0.25) is 0 Å². The maximum atomic E-state index is 11.8. The van der Waals surface area contributed by atoms with Crippen LogP contribution in [-0.4, -0.2) is 29.3 Å². The highest BCUT2D eigenvalue weighted by Gasteiger charge is 2.25. The zero-order chi connectivity index (χ0) is 14.1. The minimum absolute atomic E-state index is 0.0564. The second-order valence-corrected chi connectivity index (χ2v) is 5.38. The van der Waals surface area contributed by atoms with Crippen LogP contribution < -0.4 is 10.1 Å². The van der Waals surface area contributed by atoms with Crippen molar-refractivity contribution in [2.24, 2.45) is 0 Å². The molecule has 1 aromatic carbocycles. The summed E-state index contributed by atoms with van der Waals surface area (Å²) in [5.41, 5.74) is 2.62. The molecule has 0 aliphatic carbocycles. The molecule has 0 saturated heterocycles. The lowest BCUT2D eigenvalue weighted by Crippen LogP contribution is -2.31. The van der Waals surface area contributed by atoms with Crippen molar-refractivity contribution in [3.8, 4) is 5.75 Å². The second kappa shape index (κ2) is 5.28. The van der Waals surface area contributed by atoms with Gasteiger partial charge in [0.05, 0.1) is 24.9 Å². The number of aromatic nitrogens is 2. The lowest BCUT2D eigenvalue weighted by Gasteiger charge is -2.10. The third-order valence-electron chi connectivity index (χ3n) is 3.33. The van der Waals surface area contributed by atoms with Gasteiger partial charge in [0.25, 0.3) is 5.91 Å². The maximum Gasteiger partial charge on any atom is 0.255 e. The Labute approximate surface area is 125 Å². The zero-order valence-electron chi connectivity index (χ0n) is 11.0. The van der Waals surface area contributed by atoms with Crippen LogP contribution in [0.15, 0.2) is 28.9 Å². The summed E-state index contributed by atoms with van der Waals surface area (Å²) in [6, 6.07) is 7.82. The Bertz CT molecular complexity index is 649. The quantitative estimate of drug-likeness (QED) is 0.933. The van der Waals surface area contributed by atoms with Crippen molar-refractivity contribution in [1.29, 1.82) is 0 Å². The molecule has 1 N–H and O–H groups in total. The zero-order valence-corrected chi connectivity index (χ0v) is 12.6. The third kappa shape index (κ3) is 2.31. The van der Waals surface area contributed by atoms with E-state index in [0.29, 0.717) is 18.7 Å². The molecule has 0 spiro atoms. The molecule has 6 heteroatoms. The van der Waals surface area contributed by atoms with Crippen LogP contribution >= 0.6 is 15.9 Å². The van der Waals surface area contributed by atoms with E-state index in [1.54, 1.807) is 7.11 Å². The molecule has 1 aromatic heterocycles. The van der Waals surface area contributed by atoms with Crippen LogP contribution in [-0.2, 0) is 13.0 Å². The predicted octanol–water partition coefficient (Wildman–Crippen LogP) is 1.99. The Kier molecular flexibility index (Phi) is 3.48. The molecule has 0 saturated carbocycles. The number of methoxy groups -OCH3 is 1. The van der Waals surface area contributed by atoms with Gasteiger partial charge >= 0.3 is 0 Å². The molecule has 0 unspecified atom stereocenters. The molecular formula is C14H14BrN3O2. The Hall–Kier alpha value is -1.82. The number of halogens is 1. The predicted molar refractivity (Wildman–Crippen MR) is 78.1 cm³/mol. The first-order chi connectivity index (χ1) is 9.69. The van der Waals surface area contributed by atoms with Gasteiger partial charge in [-0.3, -0.25) is 9.48 Å². The van der Waals surface area contributed by atoms with E-state index in [0.717, 1.165) is 28.0 Å². The topological polar surface area (TPSA) is 56.2 Å². The largest absolute Gasteiger partial charge is 0.497 e. The number of nitrogens with zero attached hydrogens (tertiary/aromatic N) is 2.